The largest absolute Gasteiger partial charge is 0.497 e. The van der Waals surface area contributed by atoms with Gasteiger partial charge in [0.25, 0.3) is 0 Å². The van der Waals surface area contributed by atoms with Crippen molar-refractivity contribution in [2.24, 2.45) is 0 Å². The predicted molar refractivity (Wildman–Crippen MR) is 80.9 cm³/mol. The number of aromatic nitrogens is 1. The SMILES string of the molecule is COc1ccc2c(c1)CCN1Cc3[nH]c(OC)cc3CC21. The van der Waals surface area contributed by atoms with E-state index in [1.54, 1.807) is 14.2 Å². The number of methoxy groups -OCH3 is 2. The lowest BCUT2D eigenvalue weighted by Crippen LogP contribution is -2.39. The maximum atomic E-state index is 5.36. The van der Waals surface area contributed by atoms with Gasteiger partial charge in [0.1, 0.15) is 5.75 Å². The minimum absolute atomic E-state index is 0.479. The number of hydrogen-bond donors (Lipinski definition) is 1. The monoisotopic (exact) mass is 284 g/mol. The third-order valence-corrected chi connectivity index (χ3v) is 4.78. The third kappa shape index (κ3) is 2.02. The van der Waals surface area contributed by atoms with Crippen LogP contribution < -0.4 is 9.47 Å². The second-order valence-corrected chi connectivity index (χ2v) is 5.85. The molecular formula is C17H20N2O2. The van der Waals surface area contributed by atoms with Crippen molar-refractivity contribution in [1.29, 1.82) is 0 Å². The molecule has 4 nitrogen and oxygen atoms in total. The van der Waals surface area contributed by atoms with Crippen molar-refractivity contribution >= 4 is 0 Å². The van der Waals surface area contributed by atoms with Gasteiger partial charge < -0.3 is 14.5 Å². The molecule has 0 spiro atoms. The summed E-state index contributed by atoms with van der Waals surface area (Å²) in [5.74, 6) is 1.83. The fraction of sp³-hybridized carbons (Fsp3) is 0.412. The number of fused-ring (bicyclic) bond motifs is 4. The molecule has 3 heterocycles. The van der Waals surface area contributed by atoms with E-state index >= 15 is 0 Å². The molecule has 0 aliphatic carbocycles. The molecule has 4 rings (SSSR count). The molecular weight excluding hydrogens is 264 g/mol. The third-order valence-electron chi connectivity index (χ3n) is 4.78. The maximum Gasteiger partial charge on any atom is 0.190 e. The molecule has 1 N–H and O–H groups in total. The Kier molecular flexibility index (Phi) is 2.93. The number of benzene rings is 1. The number of nitrogens with zero attached hydrogens (tertiary/aromatic N) is 1. The van der Waals surface area contributed by atoms with Gasteiger partial charge in [-0.15, -0.1) is 0 Å². The van der Waals surface area contributed by atoms with Crippen molar-refractivity contribution in [3.05, 3.63) is 46.6 Å². The van der Waals surface area contributed by atoms with Crippen LogP contribution in [0.5, 0.6) is 11.6 Å². The van der Waals surface area contributed by atoms with Crippen LogP contribution in [0, 0.1) is 0 Å². The lowest BCUT2D eigenvalue weighted by atomic mass is 9.86. The standard InChI is InChI=1S/C17H20N2O2/c1-20-13-3-4-14-11(7-13)5-6-19-10-15-12(8-16(14)19)9-17(18-15)21-2/h3-4,7,9,16,18H,5-6,8,10H2,1-2H3. The Morgan fingerprint density at radius 3 is 2.86 bits per heavy atom. The average molecular weight is 284 g/mol. The van der Waals surface area contributed by atoms with Crippen LogP contribution in [0.25, 0.3) is 0 Å². The normalized spacial score (nSPS) is 20.4. The van der Waals surface area contributed by atoms with E-state index in [4.69, 9.17) is 9.47 Å². The number of hydrogen-bond acceptors (Lipinski definition) is 3. The van der Waals surface area contributed by atoms with Crippen molar-refractivity contribution in [2.45, 2.75) is 25.4 Å². The van der Waals surface area contributed by atoms with Crippen molar-refractivity contribution in [2.75, 3.05) is 20.8 Å². The van der Waals surface area contributed by atoms with Crippen LogP contribution in [0.15, 0.2) is 24.3 Å². The second kappa shape index (κ2) is 4.81. The molecule has 0 saturated carbocycles. The smallest absolute Gasteiger partial charge is 0.190 e. The van der Waals surface area contributed by atoms with Crippen molar-refractivity contribution in [1.82, 2.24) is 9.88 Å². The first-order chi connectivity index (χ1) is 10.3. The summed E-state index contributed by atoms with van der Waals surface area (Å²) in [5.41, 5.74) is 5.58. The van der Waals surface area contributed by atoms with Gasteiger partial charge in [-0.3, -0.25) is 4.90 Å². The highest BCUT2D eigenvalue weighted by atomic mass is 16.5. The molecule has 2 aromatic rings. The van der Waals surface area contributed by atoms with Crippen LogP contribution in [0.4, 0.5) is 0 Å². The summed E-state index contributed by atoms with van der Waals surface area (Å²) in [6, 6.07) is 9.13. The summed E-state index contributed by atoms with van der Waals surface area (Å²) in [7, 11) is 3.45. The zero-order valence-corrected chi connectivity index (χ0v) is 12.5. The first-order valence-electron chi connectivity index (χ1n) is 7.44. The van der Waals surface area contributed by atoms with E-state index in [1.807, 2.05) is 0 Å². The van der Waals surface area contributed by atoms with Crippen molar-refractivity contribution in [3.8, 4) is 11.6 Å². The highest BCUT2D eigenvalue weighted by molar-refractivity contribution is 5.42. The fourth-order valence-electron chi connectivity index (χ4n) is 3.65. The molecule has 0 fully saturated rings. The van der Waals surface area contributed by atoms with Crippen LogP contribution in [0.1, 0.15) is 28.4 Å². The Morgan fingerprint density at radius 1 is 1.14 bits per heavy atom. The molecule has 2 aliphatic rings. The van der Waals surface area contributed by atoms with E-state index in [9.17, 15) is 0 Å². The maximum absolute atomic E-state index is 5.36. The average Bonchev–Trinajstić information content (AvgIpc) is 2.94. The van der Waals surface area contributed by atoms with E-state index in [2.05, 4.69) is 34.1 Å². The zero-order valence-electron chi connectivity index (χ0n) is 12.5. The molecule has 110 valence electrons. The Labute approximate surface area is 124 Å². The second-order valence-electron chi connectivity index (χ2n) is 5.85. The fourth-order valence-corrected chi connectivity index (χ4v) is 3.65. The summed E-state index contributed by atoms with van der Waals surface area (Å²) < 4.78 is 10.7. The van der Waals surface area contributed by atoms with Gasteiger partial charge in [-0.25, -0.2) is 0 Å². The lowest BCUT2D eigenvalue weighted by molar-refractivity contribution is 0.159. The molecule has 2 aliphatic heterocycles. The highest BCUT2D eigenvalue weighted by Gasteiger charge is 2.33. The van der Waals surface area contributed by atoms with Gasteiger partial charge in [-0.05, 0) is 41.7 Å². The molecule has 1 unspecified atom stereocenters. The molecule has 1 atom stereocenters. The number of ether oxygens (including phenoxy) is 2. The Morgan fingerprint density at radius 2 is 2.05 bits per heavy atom. The van der Waals surface area contributed by atoms with Gasteiger partial charge in [0.15, 0.2) is 5.88 Å². The van der Waals surface area contributed by atoms with Gasteiger partial charge >= 0.3 is 0 Å². The minimum atomic E-state index is 0.479. The van der Waals surface area contributed by atoms with Gasteiger partial charge in [-0.2, -0.15) is 0 Å². The van der Waals surface area contributed by atoms with E-state index < -0.39 is 0 Å². The summed E-state index contributed by atoms with van der Waals surface area (Å²) >= 11 is 0. The van der Waals surface area contributed by atoms with Gasteiger partial charge in [-0.1, -0.05) is 6.07 Å². The summed E-state index contributed by atoms with van der Waals surface area (Å²) in [6.07, 6.45) is 2.14. The Balaban J connectivity index is 1.71. The summed E-state index contributed by atoms with van der Waals surface area (Å²) in [5, 5.41) is 0. The lowest BCUT2D eigenvalue weighted by Gasteiger charge is -2.40. The van der Waals surface area contributed by atoms with Crippen LogP contribution >= 0.6 is 0 Å². The number of H-pyrrole nitrogens is 1. The Bertz CT molecular complexity index is 677. The quantitative estimate of drug-likeness (QED) is 0.921. The highest BCUT2D eigenvalue weighted by Crippen LogP contribution is 2.39. The molecule has 0 saturated heterocycles. The summed E-state index contributed by atoms with van der Waals surface area (Å²) in [4.78, 5) is 5.94. The minimum Gasteiger partial charge on any atom is -0.497 e. The molecule has 0 amide bonds. The summed E-state index contributed by atoms with van der Waals surface area (Å²) in [6.45, 7) is 2.08. The Hall–Kier alpha value is -1.94. The van der Waals surface area contributed by atoms with E-state index in [-0.39, 0.29) is 0 Å². The van der Waals surface area contributed by atoms with Crippen LogP contribution in [0.2, 0.25) is 0 Å². The van der Waals surface area contributed by atoms with Gasteiger partial charge in [0, 0.05) is 30.9 Å². The van der Waals surface area contributed by atoms with Crippen molar-refractivity contribution < 1.29 is 9.47 Å². The van der Waals surface area contributed by atoms with Crippen molar-refractivity contribution in [3.63, 3.8) is 0 Å². The first kappa shape index (κ1) is 12.8. The van der Waals surface area contributed by atoms with Crippen LogP contribution in [0.3, 0.4) is 0 Å². The van der Waals surface area contributed by atoms with E-state index in [1.165, 1.54) is 22.4 Å². The molecule has 0 radical (unpaired) electrons. The first-order valence-corrected chi connectivity index (χ1v) is 7.44. The van der Waals surface area contributed by atoms with Gasteiger partial charge in [0.2, 0.25) is 0 Å². The van der Waals surface area contributed by atoms with E-state index in [0.29, 0.717) is 6.04 Å². The van der Waals surface area contributed by atoms with E-state index in [0.717, 1.165) is 37.6 Å². The van der Waals surface area contributed by atoms with Gasteiger partial charge in [0.05, 0.1) is 14.2 Å². The molecule has 4 heteroatoms. The zero-order chi connectivity index (χ0) is 14.4. The topological polar surface area (TPSA) is 37.5 Å². The molecule has 21 heavy (non-hydrogen) atoms. The number of nitrogens with one attached hydrogen (secondary N) is 1. The molecule has 0 bridgehead atoms. The molecule has 1 aromatic carbocycles. The number of rotatable bonds is 2. The van der Waals surface area contributed by atoms with Crippen LogP contribution in [-0.4, -0.2) is 30.6 Å². The predicted octanol–water partition coefficient (Wildman–Crippen LogP) is 2.69. The number of aromatic amines is 1. The van der Waals surface area contributed by atoms with Crippen LogP contribution in [-0.2, 0) is 19.4 Å². The molecule has 1 aromatic heterocycles.